The summed E-state index contributed by atoms with van der Waals surface area (Å²) in [5.41, 5.74) is 3.94. The number of halogens is 1. The number of rotatable bonds is 1. The summed E-state index contributed by atoms with van der Waals surface area (Å²) in [5.74, 6) is 0. The number of nitrogens with zero attached hydrogens (tertiary/aromatic N) is 1. The molecule has 0 radical (unpaired) electrons. The molecule has 4 rings (SSSR count). The minimum Gasteiger partial charge on any atom is -0.336 e. The van der Waals surface area contributed by atoms with E-state index in [1.807, 2.05) is 0 Å². The van der Waals surface area contributed by atoms with Gasteiger partial charge >= 0.3 is 0 Å². The lowest BCUT2D eigenvalue weighted by molar-refractivity contribution is 1.02. The molecule has 0 saturated carbocycles. The molecule has 0 saturated heterocycles. The second-order valence-electron chi connectivity index (χ2n) is 4.83. The van der Waals surface area contributed by atoms with Crippen molar-refractivity contribution in [1.82, 2.24) is 0 Å². The third kappa shape index (κ3) is 1.60. The molecule has 0 fully saturated rings. The Bertz CT molecular complexity index is 774. The van der Waals surface area contributed by atoms with Crippen molar-refractivity contribution in [3.63, 3.8) is 0 Å². The van der Waals surface area contributed by atoms with Gasteiger partial charge in [-0.25, -0.2) is 0 Å². The second kappa shape index (κ2) is 4.10. The Morgan fingerprint density at radius 1 is 0.789 bits per heavy atom. The zero-order chi connectivity index (χ0) is 12.8. The topological polar surface area (TPSA) is 3.24 Å². The van der Waals surface area contributed by atoms with Crippen LogP contribution in [0.1, 0.15) is 5.56 Å². The fourth-order valence-corrected chi connectivity index (χ4v) is 3.39. The molecule has 3 aromatic carbocycles. The molecule has 19 heavy (non-hydrogen) atoms. The van der Waals surface area contributed by atoms with Gasteiger partial charge in [-0.15, -0.1) is 0 Å². The Labute approximate surface area is 120 Å². The Hall–Kier alpha value is -1.80. The van der Waals surface area contributed by atoms with Crippen LogP contribution in [0.5, 0.6) is 0 Å². The molecule has 1 aliphatic rings. The fraction of sp³-hybridized carbons (Fsp3) is 0.0588. The smallest absolute Gasteiger partial charge is 0.0558 e. The third-order valence-electron chi connectivity index (χ3n) is 3.73. The van der Waals surface area contributed by atoms with E-state index in [1.165, 1.54) is 27.7 Å². The predicted molar refractivity (Wildman–Crippen MR) is 83.9 cm³/mol. The van der Waals surface area contributed by atoms with Crippen LogP contribution in [0.2, 0.25) is 0 Å². The summed E-state index contributed by atoms with van der Waals surface area (Å²) in [5, 5.41) is 2.71. The summed E-state index contributed by atoms with van der Waals surface area (Å²) in [6.07, 6.45) is 0. The fourth-order valence-electron chi connectivity index (χ4n) is 2.90. The van der Waals surface area contributed by atoms with Gasteiger partial charge in [0.05, 0.1) is 5.69 Å². The molecule has 0 unspecified atom stereocenters. The van der Waals surface area contributed by atoms with Crippen LogP contribution in [0.25, 0.3) is 10.8 Å². The maximum Gasteiger partial charge on any atom is 0.0558 e. The van der Waals surface area contributed by atoms with E-state index >= 15 is 0 Å². The van der Waals surface area contributed by atoms with Gasteiger partial charge in [0.25, 0.3) is 0 Å². The number of para-hydroxylation sites is 1. The van der Waals surface area contributed by atoms with Crippen molar-refractivity contribution >= 4 is 38.1 Å². The zero-order valence-corrected chi connectivity index (χ0v) is 11.9. The first-order valence-electron chi connectivity index (χ1n) is 6.37. The van der Waals surface area contributed by atoms with Gasteiger partial charge in [-0.05, 0) is 45.1 Å². The summed E-state index contributed by atoms with van der Waals surface area (Å²) >= 11 is 3.66. The van der Waals surface area contributed by atoms with Crippen LogP contribution in [-0.4, -0.2) is 0 Å². The van der Waals surface area contributed by atoms with Crippen LogP contribution < -0.4 is 4.90 Å². The first-order chi connectivity index (χ1) is 9.34. The highest BCUT2D eigenvalue weighted by Gasteiger charge is 2.23. The van der Waals surface area contributed by atoms with Gasteiger partial charge in [-0.1, -0.05) is 42.5 Å². The highest BCUT2D eigenvalue weighted by atomic mass is 79.9. The normalized spacial score (nSPS) is 13.2. The van der Waals surface area contributed by atoms with E-state index in [0.29, 0.717) is 0 Å². The molecule has 1 nitrogen and oxygen atoms in total. The van der Waals surface area contributed by atoms with E-state index in [4.69, 9.17) is 0 Å². The molecular formula is C17H12BrN. The molecule has 0 aliphatic carbocycles. The van der Waals surface area contributed by atoms with Crippen LogP contribution in [0.15, 0.2) is 65.1 Å². The number of hydrogen-bond donors (Lipinski definition) is 0. The molecule has 2 heteroatoms. The van der Waals surface area contributed by atoms with Crippen LogP contribution in [0.4, 0.5) is 11.4 Å². The van der Waals surface area contributed by atoms with Gasteiger partial charge in [-0.3, -0.25) is 0 Å². The predicted octanol–water partition coefficient (Wildman–Crippen LogP) is 5.25. The van der Waals surface area contributed by atoms with Gasteiger partial charge in [-0.2, -0.15) is 0 Å². The summed E-state index contributed by atoms with van der Waals surface area (Å²) in [6, 6.07) is 21.5. The molecule has 0 atom stereocenters. The quantitative estimate of drug-likeness (QED) is 0.593. The number of benzene rings is 3. The van der Waals surface area contributed by atoms with Gasteiger partial charge in [0.1, 0.15) is 0 Å². The van der Waals surface area contributed by atoms with Crippen molar-refractivity contribution in [2.75, 3.05) is 4.90 Å². The van der Waals surface area contributed by atoms with Crippen LogP contribution in [0, 0.1) is 0 Å². The van der Waals surface area contributed by atoms with Gasteiger partial charge in [0, 0.05) is 22.1 Å². The first-order valence-corrected chi connectivity index (χ1v) is 7.16. The lowest BCUT2D eigenvalue weighted by Crippen LogP contribution is -2.11. The summed E-state index contributed by atoms with van der Waals surface area (Å²) in [6.45, 7) is 0.944. The van der Waals surface area contributed by atoms with Gasteiger partial charge < -0.3 is 4.90 Å². The molecular weight excluding hydrogens is 298 g/mol. The van der Waals surface area contributed by atoms with E-state index in [2.05, 4.69) is 81.5 Å². The minimum atomic E-state index is 0.944. The second-order valence-corrected chi connectivity index (χ2v) is 5.68. The lowest BCUT2D eigenvalue weighted by Gasteiger charge is -2.21. The highest BCUT2D eigenvalue weighted by molar-refractivity contribution is 9.10. The van der Waals surface area contributed by atoms with Crippen molar-refractivity contribution < 1.29 is 0 Å². The van der Waals surface area contributed by atoms with Gasteiger partial charge in [0.2, 0.25) is 0 Å². The molecule has 1 aliphatic heterocycles. The standard InChI is InChI=1S/C17H12BrN/c18-14-8-1-2-9-15(14)19-11-13-7-3-5-12-6-4-10-16(19)17(12)13/h1-10H,11H2. The van der Waals surface area contributed by atoms with Crippen molar-refractivity contribution in [2.24, 2.45) is 0 Å². The Kier molecular flexibility index (Phi) is 2.39. The lowest BCUT2D eigenvalue weighted by atomic mass is 10.1. The zero-order valence-electron chi connectivity index (χ0n) is 10.3. The molecule has 0 spiro atoms. The number of anilines is 2. The van der Waals surface area contributed by atoms with Crippen LogP contribution in [0.3, 0.4) is 0 Å². The van der Waals surface area contributed by atoms with Crippen LogP contribution in [-0.2, 0) is 6.54 Å². The molecule has 0 bridgehead atoms. The van der Waals surface area contributed by atoms with E-state index in [-0.39, 0.29) is 0 Å². The van der Waals surface area contributed by atoms with Crippen molar-refractivity contribution in [2.45, 2.75) is 6.54 Å². The Morgan fingerprint density at radius 2 is 1.53 bits per heavy atom. The molecule has 92 valence electrons. The van der Waals surface area contributed by atoms with Gasteiger partial charge in [0.15, 0.2) is 0 Å². The van der Waals surface area contributed by atoms with E-state index < -0.39 is 0 Å². The van der Waals surface area contributed by atoms with E-state index in [9.17, 15) is 0 Å². The average molecular weight is 310 g/mol. The summed E-state index contributed by atoms with van der Waals surface area (Å²) < 4.78 is 1.14. The molecule has 0 aromatic heterocycles. The maximum atomic E-state index is 3.66. The van der Waals surface area contributed by atoms with Crippen LogP contribution >= 0.6 is 15.9 Å². The average Bonchev–Trinajstić information content (AvgIpc) is 2.81. The SMILES string of the molecule is Brc1ccccc1N1Cc2cccc3cccc1c23. The Balaban J connectivity index is 1.97. The third-order valence-corrected chi connectivity index (χ3v) is 4.40. The van der Waals surface area contributed by atoms with Crippen molar-refractivity contribution in [3.8, 4) is 0 Å². The molecule has 0 N–H and O–H groups in total. The van der Waals surface area contributed by atoms with E-state index in [0.717, 1.165) is 11.0 Å². The molecule has 3 aromatic rings. The first kappa shape index (κ1) is 11.1. The van der Waals surface area contributed by atoms with Crippen molar-refractivity contribution in [3.05, 3.63) is 70.7 Å². The summed E-state index contributed by atoms with van der Waals surface area (Å²) in [7, 11) is 0. The minimum absolute atomic E-state index is 0.944. The molecule has 1 heterocycles. The Morgan fingerprint density at radius 3 is 2.37 bits per heavy atom. The largest absolute Gasteiger partial charge is 0.336 e. The highest BCUT2D eigenvalue weighted by Crippen LogP contribution is 2.43. The molecule has 0 amide bonds. The van der Waals surface area contributed by atoms with Crippen molar-refractivity contribution in [1.29, 1.82) is 0 Å². The monoisotopic (exact) mass is 309 g/mol. The van der Waals surface area contributed by atoms with E-state index in [1.54, 1.807) is 0 Å². The maximum absolute atomic E-state index is 3.66. The number of hydrogen-bond acceptors (Lipinski definition) is 1. The summed E-state index contributed by atoms with van der Waals surface area (Å²) in [4.78, 5) is 2.38.